The molecule has 7 heteroatoms. The number of piperidine rings is 1. The Labute approximate surface area is 178 Å². The Bertz CT molecular complexity index is 1090. The lowest BCUT2D eigenvalue weighted by molar-refractivity contribution is -0.121. The Hall–Kier alpha value is -2.15. The first kappa shape index (κ1) is 20.1. The molecule has 0 bridgehead atoms. The minimum atomic E-state index is -0.0547. The maximum absolute atomic E-state index is 12.9. The number of fused-ring (bicyclic) bond motifs is 1. The van der Waals surface area contributed by atoms with E-state index >= 15 is 0 Å². The number of likely N-dealkylation sites (tertiary alicyclic amines) is 1. The number of thiazole rings is 1. The maximum atomic E-state index is 12.9. The zero-order valence-corrected chi connectivity index (χ0v) is 17.9. The van der Waals surface area contributed by atoms with E-state index in [1.165, 1.54) is 11.3 Å². The summed E-state index contributed by atoms with van der Waals surface area (Å²) in [5, 5.41) is 3.82. The molecule has 1 saturated heterocycles. The maximum Gasteiger partial charge on any atom is 0.308 e. The van der Waals surface area contributed by atoms with Crippen molar-refractivity contribution in [1.29, 1.82) is 0 Å². The average molecular weight is 430 g/mol. The third-order valence-corrected chi connectivity index (χ3v) is 6.79. The van der Waals surface area contributed by atoms with E-state index in [2.05, 4.69) is 10.2 Å². The SMILES string of the molecule is CCn1c(=O)sc2cc(NC(=O)C3CCCN(Cc4ccccc4Cl)C3)ccc21. The molecular formula is C22H24ClN3O2S. The Balaban J connectivity index is 1.43. The third-order valence-electron chi connectivity index (χ3n) is 5.48. The summed E-state index contributed by atoms with van der Waals surface area (Å²) in [4.78, 5) is 27.2. The highest BCUT2D eigenvalue weighted by molar-refractivity contribution is 7.16. The molecular weight excluding hydrogens is 406 g/mol. The number of aromatic nitrogens is 1. The van der Waals surface area contributed by atoms with E-state index in [4.69, 9.17) is 11.6 Å². The first-order valence-corrected chi connectivity index (χ1v) is 11.1. The van der Waals surface area contributed by atoms with Gasteiger partial charge in [-0.25, -0.2) is 0 Å². The second-order valence-electron chi connectivity index (χ2n) is 7.45. The van der Waals surface area contributed by atoms with Gasteiger partial charge in [-0.15, -0.1) is 0 Å². The van der Waals surface area contributed by atoms with Crippen molar-refractivity contribution in [2.75, 3.05) is 18.4 Å². The summed E-state index contributed by atoms with van der Waals surface area (Å²) in [6.07, 6.45) is 1.87. The smallest absolute Gasteiger partial charge is 0.308 e. The van der Waals surface area contributed by atoms with Crippen LogP contribution in [0.2, 0.25) is 5.02 Å². The molecule has 2 heterocycles. The summed E-state index contributed by atoms with van der Waals surface area (Å²) < 4.78 is 2.65. The molecule has 3 aromatic rings. The fraction of sp³-hybridized carbons (Fsp3) is 0.364. The highest BCUT2D eigenvalue weighted by atomic mass is 35.5. The van der Waals surface area contributed by atoms with Gasteiger partial charge in [-0.1, -0.05) is 41.1 Å². The van der Waals surface area contributed by atoms with Crippen molar-refractivity contribution in [3.63, 3.8) is 0 Å². The number of anilines is 1. The van der Waals surface area contributed by atoms with E-state index in [9.17, 15) is 9.59 Å². The summed E-state index contributed by atoms with van der Waals surface area (Å²) in [5.74, 6) is -0.0172. The number of aryl methyl sites for hydroxylation is 1. The number of nitrogens with one attached hydrogen (secondary N) is 1. The Kier molecular flexibility index (Phi) is 6.04. The molecule has 0 aliphatic carbocycles. The lowest BCUT2D eigenvalue weighted by atomic mass is 9.96. The second-order valence-corrected chi connectivity index (χ2v) is 8.85. The van der Waals surface area contributed by atoms with E-state index in [1.807, 2.05) is 49.4 Å². The van der Waals surface area contributed by atoms with E-state index < -0.39 is 0 Å². The van der Waals surface area contributed by atoms with Crippen molar-refractivity contribution in [3.8, 4) is 0 Å². The molecule has 4 rings (SSSR count). The molecule has 29 heavy (non-hydrogen) atoms. The standard InChI is InChI=1S/C22H24ClN3O2S/c1-2-26-19-10-9-17(12-20(19)29-22(26)28)24-21(27)16-7-5-11-25(14-16)13-15-6-3-4-8-18(15)23/h3-4,6,8-10,12,16H,2,5,7,11,13-14H2,1H3,(H,24,27). The minimum absolute atomic E-state index is 0.0356. The number of carbonyl (C=O) groups excluding carboxylic acids is 1. The highest BCUT2D eigenvalue weighted by Crippen LogP contribution is 2.25. The first-order valence-electron chi connectivity index (χ1n) is 9.95. The van der Waals surface area contributed by atoms with Crippen LogP contribution in [0, 0.1) is 5.92 Å². The lowest BCUT2D eigenvalue weighted by Crippen LogP contribution is -2.40. The molecule has 0 radical (unpaired) electrons. The highest BCUT2D eigenvalue weighted by Gasteiger charge is 2.26. The number of hydrogen-bond donors (Lipinski definition) is 1. The van der Waals surface area contributed by atoms with Crippen LogP contribution < -0.4 is 10.2 Å². The number of nitrogens with zero attached hydrogens (tertiary/aromatic N) is 2. The number of amides is 1. The zero-order valence-electron chi connectivity index (χ0n) is 16.4. The van der Waals surface area contributed by atoms with Gasteiger partial charge in [-0.2, -0.15) is 0 Å². The van der Waals surface area contributed by atoms with Crippen molar-refractivity contribution in [2.24, 2.45) is 5.92 Å². The van der Waals surface area contributed by atoms with Crippen LogP contribution >= 0.6 is 22.9 Å². The Morgan fingerprint density at radius 3 is 2.90 bits per heavy atom. The second kappa shape index (κ2) is 8.69. The van der Waals surface area contributed by atoms with Crippen molar-refractivity contribution < 1.29 is 4.79 Å². The number of halogens is 1. The quantitative estimate of drug-likeness (QED) is 0.645. The van der Waals surface area contributed by atoms with E-state index in [0.29, 0.717) is 6.54 Å². The van der Waals surface area contributed by atoms with Gasteiger partial charge in [0.1, 0.15) is 0 Å². The van der Waals surface area contributed by atoms with Crippen LogP contribution in [0.4, 0.5) is 5.69 Å². The third kappa shape index (κ3) is 4.39. The summed E-state index contributed by atoms with van der Waals surface area (Å²) in [6, 6.07) is 13.6. The fourth-order valence-electron chi connectivity index (χ4n) is 3.97. The summed E-state index contributed by atoms with van der Waals surface area (Å²) in [5.41, 5.74) is 2.76. The molecule has 1 aliphatic rings. The topological polar surface area (TPSA) is 54.3 Å². The van der Waals surface area contributed by atoms with Gasteiger partial charge in [0.2, 0.25) is 5.91 Å². The number of rotatable bonds is 5. The van der Waals surface area contributed by atoms with Crippen LogP contribution in [0.25, 0.3) is 10.2 Å². The van der Waals surface area contributed by atoms with Gasteiger partial charge in [0.25, 0.3) is 0 Å². The van der Waals surface area contributed by atoms with E-state index in [1.54, 1.807) is 4.57 Å². The zero-order chi connectivity index (χ0) is 20.4. The van der Waals surface area contributed by atoms with Crippen LogP contribution in [0.15, 0.2) is 47.3 Å². The van der Waals surface area contributed by atoms with Gasteiger partial charge in [0.15, 0.2) is 0 Å². The summed E-state index contributed by atoms with van der Waals surface area (Å²) >= 11 is 7.51. The molecule has 152 valence electrons. The average Bonchev–Trinajstić information content (AvgIpc) is 3.04. The van der Waals surface area contributed by atoms with Gasteiger partial charge < -0.3 is 5.32 Å². The Morgan fingerprint density at radius 1 is 1.28 bits per heavy atom. The van der Waals surface area contributed by atoms with Crippen LogP contribution in [-0.4, -0.2) is 28.5 Å². The van der Waals surface area contributed by atoms with Crippen molar-refractivity contribution in [3.05, 3.63) is 62.7 Å². The van der Waals surface area contributed by atoms with Crippen LogP contribution in [-0.2, 0) is 17.9 Å². The number of hydrogen-bond acceptors (Lipinski definition) is 4. The van der Waals surface area contributed by atoms with E-state index in [0.717, 1.165) is 59.0 Å². The normalized spacial score (nSPS) is 17.5. The predicted molar refractivity (Wildman–Crippen MR) is 120 cm³/mol. The molecule has 1 amide bonds. The Morgan fingerprint density at radius 2 is 2.10 bits per heavy atom. The molecule has 5 nitrogen and oxygen atoms in total. The van der Waals surface area contributed by atoms with Gasteiger partial charge in [0, 0.05) is 30.3 Å². The van der Waals surface area contributed by atoms with Crippen molar-refractivity contribution in [2.45, 2.75) is 32.9 Å². The molecule has 1 fully saturated rings. The van der Waals surface area contributed by atoms with Crippen molar-refractivity contribution >= 4 is 44.7 Å². The van der Waals surface area contributed by atoms with Gasteiger partial charge in [-0.3, -0.25) is 19.1 Å². The molecule has 0 saturated carbocycles. The largest absolute Gasteiger partial charge is 0.326 e. The predicted octanol–water partition coefficient (Wildman–Crippen LogP) is 4.59. The summed E-state index contributed by atoms with van der Waals surface area (Å²) in [6.45, 7) is 5.06. The fourth-order valence-corrected chi connectivity index (χ4v) is 5.16. The van der Waals surface area contributed by atoms with Crippen molar-refractivity contribution in [1.82, 2.24) is 9.47 Å². The summed E-state index contributed by atoms with van der Waals surface area (Å²) in [7, 11) is 0. The van der Waals surface area contributed by atoms with Crippen LogP contribution in [0.5, 0.6) is 0 Å². The van der Waals surface area contributed by atoms with Gasteiger partial charge in [0.05, 0.1) is 16.1 Å². The van der Waals surface area contributed by atoms with Gasteiger partial charge in [-0.05, 0) is 56.1 Å². The molecule has 1 N–H and O–H groups in total. The number of carbonyl (C=O) groups is 1. The molecule has 1 atom stereocenters. The number of benzene rings is 2. The molecule has 0 spiro atoms. The van der Waals surface area contributed by atoms with Crippen LogP contribution in [0.3, 0.4) is 0 Å². The van der Waals surface area contributed by atoms with Crippen LogP contribution in [0.1, 0.15) is 25.3 Å². The van der Waals surface area contributed by atoms with E-state index in [-0.39, 0.29) is 16.7 Å². The molecule has 1 aromatic heterocycles. The minimum Gasteiger partial charge on any atom is -0.326 e. The molecule has 1 unspecified atom stereocenters. The monoisotopic (exact) mass is 429 g/mol. The first-order chi connectivity index (χ1) is 14.0. The molecule has 1 aliphatic heterocycles. The lowest BCUT2D eigenvalue weighted by Gasteiger charge is -2.32. The molecule has 2 aromatic carbocycles. The van der Waals surface area contributed by atoms with Gasteiger partial charge >= 0.3 is 4.87 Å².